The summed E-state index contributed by atoms with van der Waals surface area (Å²) < 4.78 is 1.95. The highest BCUT2D eigenvalue weighted by Crippen LogP contribution is 2.40. The zero-order valence-corrected chi connectivity index (χ0v) is 21.4. The fourth-order valence-electron chi connectivity index (χ4n) is 3.56. The maximum Gasteiger partial charge on any atom is 0.276 e. The molecule has 1 fully saturated rings. The van der Waals surface area contributed by atoms with Gasteiger partial charge in [-0.25, -0.2) is 9.55 Å². The molecule has 0 saturated carbocycles. The largest absolute Gasteiger partial charge is 0.543 e. The van der Waals surface area contributed by atoms with Gasteiger partial charge in [0.05, 0.1) is 11.7 Å². The van der Waals surface area contributed by atoms with Crippen LogP contribution >= 0.6 is 46.5 Å². The number of halogens is 1. The number of amides is 2. The van der Waals surface area contributed by atoms with E-state index < -0.39 is 29.2 Å². The Morgan fingerprint density at radius 3 is 2.80 bits per heavy atom. The SMILES string of the molecule is CSCO/N=C(\C(=O)NC1C(=O)N2C(C(=O)[O-])=C(C[n+]3ccccc3)CS[C@H]12)c1nc(N)sc1Cl. The van der Waals surface area contributed by atoms with Gasteiger partial charge in [0, 0.05) is 23.5 Å². The molecule has 0 bridgehead atoms. The van der Waals surface area contributed by atoms with E-state index in [4.69, 9.17) is 22.2 Å². The second kappa shape index (κ2) is 10.8. The first-order valence-corrected chi connectivity index (χ1v) is 13.7. The molecule has 11 nitrogen and oxygen atoms in total. The maximum atomic E-state index is 13.1. The molecule has 2 atom stereocenters. The van der Waals surface area contributed by atoms with E-state index in [9.17, 15) is 19.5 Å². The van der Waals surface area contributed by atoms with Crippen LogP contribution in [-0.4, -0.2) is 62.7 Å². The molecule has 3 N–H and O–H groups in total. The lowest BCUT2D eigenvalue weighted by Gasteiger charge is -2.50. The molecule has 184 valence electrons. The number of carboxylic acid groups (broad SMARTS) is 1. The van der Waals surface area contributed by atoms with Crippen LogP contribution in [0.1, 0.15) is 5.69 Å². The van der Waals surface area contributed by atoms with E-state index in [-0.39, 0.29) is 39.1 Å². The molecule has 4 rings (SSSR count). The normalized spacial score (nSPS) is 19.8. The number of nitrogens with zero attached hydrogens (tertiary/aromatic N) is 4. The van der Waals surface area contributed by atoms with Gasteiger partial charge in [0.2, 0.25) is 0 Å². The van der Waals surface area contributed by atoms with Crippen molar-refractivity contribution >= 4 is 75.1 Å². The van der Waals surface area contributed by atoms with Gasteiger partial charge >= 0.3 is 0 Å². The number of rotatable bonds is 9. The Balaban J connectivity index is 1.54. The van der Waals surface area contributed by atoms with Crippen molar-refractivity contribution in [3.05, 3.63) is 51.9 Å². The first-order chi connectivity index (χ1) is 16.8. The van der Waals surface area contributed by atoms with E-state index in [1.165, 1.54) is 23.5 Å². The second-order valence-corrected chi connectivity index (χ2v) is 10.8. The molecule has 2 aliphatic rings. The number of nitrogens with one attached hydrogen (secondary N) is 1. The minimum atomic E-state index is -1.45. The van der Waals surface area contributed by atoms with Gasteiger partial charge in [0.25, 0.3) is 11.8 Å². The lowest BCUT2D eigenvalue weighted by atomic mass is 10.0. The summed E-state index contributed by atoms with van der Waals surface area (Å²) >= 11 is 9.80. The standard InChI is InChI=1S/C20H19ClN6O5S3/c1-33-9-32-25-12(11-15(21)35-20(22)24-11)16(28)23-13-17(29)27-14(19(30)31)10(8-34-18(13)27)7-26-5-3-2-4-6-26/h2-6,13,18H,7-9H2,1H3,(H3-,22,23,24,28,30,31)/b25-12-/t13?,18-/m1/s1. The average Bonchev–Trinajstić information content (AvgIpc) is 3.17. The molecule has 4 heterocycles. The number of carbonyl (C=O) groups excluding carboxylic acids is 3. The van der Waals surface area contributed by atoms with E-state index in [1.807, 2.05) is 22.8 Å². The number of thioether (sulfide) groups is 2. The third-order valence-electron chi connectivity index (χ3n) is 5.05. The fourth-order valence-corrected chi connectivity index (χ4v) is 5.98. The van der Waals surface area contributed by atoms with Gasteiger partial charge in [-0.15, -0.1) is 23.5 Å². The van der Waals surface area contributed by atoms with Crippen LogP contribution in [0.3, 0.4) is 0 Å². The predicted octanol–water partition coefficient (Wildman–Crippen LogP) is -0.188. The van der Waals surface area contributed by atoms with Crippen molar-refractivity contribution in [3.8, 4) is 0 Å². The lowest BCUT2D eigenvalue weighted by molar-refractivity contribution is -0.689. The van der Waals surface area contributed by atoms with Crippen LogP contribution in [0, 0.1) is 0 Å². The summed E-state index contributed by atoms with van der Waals surface area (Å²) in [5.74, 6) is -2.25. The number of aliphatic carboxylic acids is 1. The Morgan fingerprint density at radius 1 is 1.43 bits per heavy atom. The van der Waals surface area contributed by atoms with Crippen molar-refractivity contribution in [3.63, 3.8) is 0 Å². The van der Waals surface area contributed by atoms with Gasteiger partial charge < -0.3 is 25.8 Å². The zero-order valence-electron chi connectivity index (χ0n) is 18.2. The highest BCUT2D eigenvalue weighted by Gasteiger charge is 2.53. The smallest absolute Gasteiger partial charge is 0.276 e. The molecule has 0 spiro atoms. The van der Waals surface area contributed by atoms with E-state index in [2.05, 4.69) is 15.5 Å². The summed E-state index contributed by atoms with van der Waals surface area (Å²) in [7, 11) is 0. The highest BCUT2D eigenvalue weighted by atomic mass is 35.5. The molecule has 2 aliphatic heterocycles. The summed E-state index contributed by atoms with van der Waals surface area (Å²) in [4.78, 5) is 48.3. The Labute approximate surface area is 217 Å². The van der Waals surface area contributed by atoms with E-state index in [0.29, 0.717) is 11.3 Å². The van der Waals surface area contributed by atoms with Crippen molar-refractivity contribution in [1.82, 2.24) is 15.2 Å². The quantitative estimate of drug-likeness (QED) is 0.107. The Hall–Kier alpha value is -2.81. The van der Waals surface area contributed by atoms with Crippen LogP contribution in [0.15, 0.2) is 47.0 Å². The number of nitrogen functional groups attached to an aromatic ring is 1. The number of hydrogen-bond donors (Lipinski definition) is 2. The number of carboxylic acids is 1. The molecule has 35 heavy (non-hydrogen) atoms. The number of thiazole rings is 1. The predicted molar refractivity (Wildman–Crippen MR) is 131 cm³/mol. The lowest BCUT2D eigenvalue weighted by Crippen LogP contribution is -2.71. The number of oxime groups is 1. The fraction of sp³-hybridized carbons (Fsp3) is 0.300. The minimum Gasteiger partial charge on any atom is -0.543 e. The van der Waals surface area contributed by atoms with Crippen LogP contribution in [0.4, 0.5) is 5.13 Å². The number of anilines is 1. The number of aromatic nitrogens is 2. The topological polar surface area (TPSA) is 154 Å². The molecule has 15 heteroatoms. The first kappa shape index (κ1) is 25.3. The zero-order chi connectivity index (χ0) is 25.1. The van der Waals surface area contributed by atoms with Crippen LogP contribution in [-0.2, 0) is 25.8 Å². The molecule has 0 radical (unpaired) electrons. The van der Waals surface area contributed by atoms with Gasteiger partial charge in [-0.1, -0.05) is 34.2 Å². The van der Waals surface area contributed by atoms with E-state index in [0.717, 1.165) is 16.2 Å². The number of nitrogens with two attached hydrogens (primary N) is 1. The summed E-state index contributed by atoms with van der Waals surface area (Å²) in [6, 6.07) is 4.51. The van der Waals surface area contributed by atoms with Gasteiger partial charge in [-0.2, -0.15) is 0 Å². The number of hydrogen-bond acceptors (Lipinski definition) is 11. The second-order valence-electron chi connectivity index (χ2n) is 7.30. The molecule has 1 saturated heterocycles. The number of pyridine rings is 1. The summed E-state index contributed by atoms with van der Waals surface area (Å²) in [5, 5.41) is 17.9. The van der Waals surface area contributed by atoms with Crippen LogP contribution in [0.2, 0.25) is 4.34 Å². The van der Waals surface area contributed by atoms with Gasteiger partial charge in [0.1, 0.15) is 21.4 Å². The average molecular weight is 555 g/mol. The van der Waals surface area contributed by atoms with Crippen molar-refractivity contribution in [2.45, 2.75) is 18.0 Å². The molecule has 0 aliphatic carbocycles. The van der Waals surface area contributed by atoms with Gasteiger partial charge in [-0.3, -0.25) is 14.5 Å². The summed E-state index contributed by atoms with van der Waals surface area (Å²) in [6.45, 7) is 0.290. The molecule has 0 aromatic carbocycles. The van der Waals surface area contributed by atoms with Crippen molar-refractivity contribution in [1.29, 1.82) is 0 Å². The van der Waals surface area contributed by atoms with Gasteiger partial charge in [-0.05, 0) is 6.26 Å². The number of fused-ring (bicyclic) bond motifs is 1. The highest BCUT2D eigenvalue weighted by molar-refractivity contribution is 8.00. The molecule has 2 aromatic heterocycles. The third-order valence-corrected chi connectivity index (χ3v) is 7.81. The summed E-state index contributed by atoms with van der Waals surface area (Å²) in [6.07, 6.45) is 5.39. The molecule has 2 aromatic rings. The number of β-lactam (4-membered cyclic amide) rings is 1. The maximum absolute atomic E-state index is 13.1. The molecule has 1 unspecified atom stereocenters. The number of carbonyl (C=O) groups is 3. The van der Waals surface area contributed by atoms with Crippen molar-refractivity contribution in [2.24, 2.45) is 5.16 Å². The van der Waals surface area contributed by atoms with Crippen molar-refractivity contribution < 1.29 is 28.9 Å². The van der Waals surface area contributed by atoms with Crippen LogP contribution in [0.25, 0.3) is 0 Å². The minimum absolute atomic E-state index is 0.0326. The third kappa shape index (κ3) is 5.24. The Kier molecular flexibility index (Phi) is 7.84. The van der Waals surface area contributed by atoms with E-state index in [1.54, 1.807) is 18.6 Å². The van der Waals surface area contributed by atoms with E-state index >= 15 is 0 Å². The molecular formula is C20H19ClN6O5S3. The Morgan fingerprint density at radius 2 is 2.17 bits per heavy atom. The Bertz CT molecular complexity index is 1220. The van der Waals surface area contributed by atoms with Crippen molar-refractivity contribution in [2.75, 3.05) is 23.7 Å². The monoisotopic (exact) mass is 554 g/mol. The first-order valence-electron chi connectivity index (χ1n) is 10.1. The van der Waals surface area contributed by atoms with Gasteiger partial charge in [0.15, 0.2) is 35.7 Å². The van der Waals surface area contributed by atoms with Crippen LogP contribution in [0.5, 0.6) is 0 Å². The molecule has 2 amide bonds. The van der Waals surface area contributed by atoms with Crippen LogP contribution < -0.4 is 20.7 Å². The summed E-state index contributed by atoms with van der Waals surface area (Å²) in [5.41, 5.74) is 5.86. The molecular weight excluding hydrogens is 536 g/mol.